The van der Waals surface area contributed by atoms with Crippen LogP contribution in [0.1, 0.15) is 30.5 Å². The Hall–Kier alpha value is -2.27. The van der Waals surface area contributed by atoms with Gasteiger partial charge in [-0.05, 0) is 35.7 Å². The third kappa shape index (κ3) is 3.74. The van der Waals surface area contributed by atoms with Gasteiger partial charge in [0.1, 0.15) is 13.2 Å². The van der Waals surface area contributed by atoms with Gasteiger partial charge in [0, 0.05) is 24.8 Å². The molecule has 1 aliphatic heterocycles. The molecule has 0 aliphatic carbocycles. The van der Waals surface area contributed by atoms with Crippen molar-refractivity contribution >= 4 is 0 Å². The summed E-state index contributed by atoms with van der Waals surface area (Å²) in [6.07, 6.45) is 2.75. The van der Waals surface area contributed by atoms with Crippen molar-refractivity contribution in [1.29, 1.82) is 0 Å². The lowest BCUT2D eigenvalue weighted by atomic mass is 10.0. The Labute approximate surface area is 136 Å². The summed E-state index contributed by atoms with van der Waals surface area (Å²) in [6, 6.07) is 10.4. The smallest absolute Gasteiger partial charge is 0.213 e. The molecule has 0 bridgehead atoms. The number of fused-ring (bicyclic) bond motifs is 1. The molecule has 2 aromatic rings. The number of nitrogens with one attached hydrogen (secondary N) is 1. The lowest BCUT2D eigenvalue weighted by Crippen LogP contribution is -2.21. The largest absolute Gasteiger partial charge is 0.486 e. The highest BCUT2D eigenvalue weighted by Gasteiger charge is 2.15. The molecule has 0 fully saturated rings. The van der Waals surface area contributed by atoms with Gasteiger partial charge in [0.05, 0.1) is 7.11 Å². The van der Waals surface area contributed by atoms with Crippen LogP contribution in [0, 0.1) is 0 Å². The first kappa shape index (κ1) is 15.6. The number of rotatable bonds is 6. The molecule has 0 amide bonds. The average Bonchev–Trinajstić information content (AvgIpc) is 2.62. The first-order valence-electron chi connectivity index (χ1n) is 7.92. The van der Waals surface area contributed by atoms with Crippen molar-refractivity contribution < 1.29 is 14.2 Å². The van der Waals surface area contributed by atoms with E-state index in [9.17, 15) is 0 Å². The first-order valence-corrected chi connectivity index (χ1v) is 7.92. The summed E-state index contributed by atoms with van der Waals surface area (Å²) < 4.78 is 16.4. The third-order valence-corrected chi connectivity index (χ3v) is 3.94. The second kappa shape index (κ2) is 7.33. The quantitative estimate of drug-likeness (QED) is 0.888. The molecule has 1 atom stereocenters. The van der Waals surface area contributed by atoms with Gasteiger partial charge in [-0.25, -0.2) is 4.98 Å². The van der Waals surface area contributed by atoms with Crippen molar-refractivity contribution in [3.05, 3.63) is 47.7 Å². The minimum Gasteiger partial charge on any atom is -0.486 e. The molecule has 0 spiro atoms. The fourth-order valence-corrected chi connectivity index (χ4v) is 2.69. The van der Waals surface area contributed by atoms with Gasteiger partial charge in [0.25, 0.3) is 0 Å². The van der Waals surface area contributed by atoms with E-state index >= 15 is 0 Å². The summed E-state index contributed by atoms with van der Waals surface area (Å²) in [4.78, 5) is 4.13. The van der Waals surface area contributed by atoms with Crippen molar-refractivity contribution in [3.63, 3.8) is 0 Å². The average molecular weight is 314 g/mol. The number of methoxy groups -OCH3 is 1. The van der Waals surface area contributed by atoms with Crippen LogP contribution < -0.4 is 19.5 Å². The monoisotopic (exact) mass is 314 g/mol. The number of pyridine rings is 1. The topological polar surface area (TPSA) is 52.6 Å². The van der Waals surface area contributed by atoms with Crippen molar-refractivity contribution in [2.24, 2.45) is 0 Å². The number of hydrogen-bond acceptors (Lipinski definition) is 5. The van der Waals surface area contributed by atoms with Crippen LogP contribution in [0.15, 0.2) is 36.5 Å². The highest BCUT2D eigenvalue weighted by Crippen LogP contribution is 2.33. The highest BCUT2D eigenvalue weighted by molar-refractivity contribution is 5.44. The molecule has 3 rings (SSSR count). The van der Waals surface area contributed by atoms with Crippen LogP contribution >= 0.6 is 0 Å². The van der Waals surface area contributed by atoms with E-state index in [4.69, 9.17) is 14.2 Å². The van der Waals surface area contributed by atoms with E-state index in [1.807, 2.05) is 18.2 Å². The first-order chi connectivity index (χ1) is 11.3. The van der Waals surface area contributed by atoms with E-state index in [1.54, 1.807) is 13.3 Å². The molecule has 0 saturated carbocycles. The Morgan fingerprint density at radius 3 is 2.78 bits per heavy atom. The van der Waals surface area contributed by atoms with Gasteiger partial charge in [-0.15, -0.1) is 0 Å². The molecule has 0 unspecified atom stereocenters. The van der Waals surface area contributed by atoms with Crippen LogP contribution in [0.5, 0.6) is 17.4 Å². The molecule has 0 radical (unpaired) electrons. The lowest BCUT2D eigenvalue weighted by molar-refractivity contribution is 0.171. The maximum absolute atomic E-state index is 5.67. The van der Waals surface area contributed by atoms with Crippen LogP contribution in [0.2, 0.25) is 0 Å². The number of benzene rings is 1. The predicted molar refractivity (Wildman–Crippen MR) is 88.1 cm³/mol. The Bertz CT molecular complexity index is 660. The fraction of sp³-hybridized carbons (Fsp3) is 0.389. The van der Waals surface area contributed by atoms with E-state index in [0.717, 1.165) is 30.0 Å². The predicted octanol–water partition coefficient (Wildman–Crippen LogP) is 3.10. The van der Waals surface area contributed by atoms with Gasteiger partial charge in [0.15, 0.2) is 11.5 Å². The van der Waals surface area contributed by atoms with Gasteiger partial charge in [-0.2, -0.15) is 0 Å². The zero-order chi connectivity index (χ0) is 16.1. The van der Waals surface area contributed by atoms with Crippen molar-refractivity contribution in [3.8, 4) is 17.4 Å². The van der Waals surface area contributed by atoms with Crippen LogP contribution in [0.3, 0.4) is 0 Å². The second-order valence-corrected chi connectivity index (χ2v) is 5.45. The summed E-state index contributed by atoms with van der Waals surface area (Å²) in [7, 11) is 1.63. The maximum Gasteiger partial charge on any atom is 0.213 e. The molecule has 1 aliphatic rings. The van der Waals surface area contributed by atoms with E-state index in [0.29, 0.717) is 19.1 Å². The van der Waals surface area contributed by atoms with E-state index in [2.05, 4.69) is 29.4 Å². The molecule has 1 aromatic carbocycles. The van der Waals surface area contributed by atoms with Crippen molar-refractivity contribution in [2.75, 3.05) is 20.3 Å². The number of hydrogen-bond donors (Lipinski definition) is 1. The van der Waals surface area contributed by atoms with Gasteiger partial charge >= 0.3 is 0 Å². The SMILES string of the molecule is CC[C@@H](NCc1ccnc(OC)c1)c1ccc2c(c1)OCCO2. The van der Waals surface area contributed by atoms with Crippen molar-refractivity contribution in [2.45, 2.75) is 25.9 Å². The fourth-order valence-electron chi connectivity index (χ4n) is 2.69. The Balaban J connectivity index is 1.69. The van der Waals surface area contributed by atoms with Crippen LogP contribution in [-0.2, 0) is 6.54 Å². The molecule has 0 saturated heterocycles. The van der Waals surface area contributed by atoms with E-state index in [-0.39, 0.29) is 6.04 Å². The van der Waals surface area contributed by atoms with Crippen molar-refractivity contribution in [1.82, 2.24) is 10.3 Å². The molecule has 5 heteroatoms. The zero-order valence-corrected chi connectivity index (χ0v) is 13.5. The normalized spacial score (nSPS) is 14.3. The number of ether oxygens (including phenoxy) is 3. The lowest BCUT2D eigenvalue weighted by Gasteiger charge is -2.22. The van der Waals surface area contributed by atoms with Gasteiger partial charge in [0.2, 0.25) is 5.88 Å². The van der Waals surface area contributed by atoms with Crippen LogP contribution in [0.4, 0.5) is 0 Å². The summed E-state index contributed by atoms with van der Waals surface area (Å²) in [6.45, 7) is 4.15. The van der Waals surface area contributed by atoms with Gasteiger partial charge in [-0.3, -0.25) is 0 Å². The molecule has 5 nitrogen and oxygen atoms in total. The Morgan fingerprint density at radius 2 is 2.00 bits per heavy atom. The Kier molecular flexibility index (Phi) is 4.98. The van der Waals surface area contributed by atoms with E-state index in [1.165, 1.54) is 5.56 Å². The maximum atomic E-state index is 5.67. The molecule has 23 heavy (non-hydrogen) atoms. The van der Waals surface area contributed by atoms with Gasteiger partial charge < -0.3 is 19.5 Å². The zero-order valence-electron chi connectivity index (χ0n) is 13.5. The standard InChI is InChI=1S/C18H22N2O3/c1-3-15(20-12-13-6-7-19-18(10-13)21-2)14-4-5-16-17(11-14)23-9-8-22-16/h4-7,10-11,15,20H,3,8-9,12H2,1-2H3/t15-/m1/s1. The summed E-state index contributed by atoms with van der Waals surface area (Å²) in [5, 5.41) is 3.58. The third-order valence-electron chi connectivity index (χ3n) is 3.94. The second-order valence-electron chi connectivity index (χ2n) is 5.45. The summed E-state index contributed by atoms with van der Waals surface area (Å²) in [5.74, 6) is 2.30. The molecule has 2 heterocycles. The summed E-state index contributed by atoms with van der Waals surface area (Å²) >= 11 is 0. The minimum atomic E-state index is 0.255. The molecule has 1 N–H and O–H groups in total. The van der Waals surface area contributed by atoms with E-state index < -0.39 is 0 Å². The minimum absolute atomic E-state index is 0.255. The number of nitrogens with zero attached hydrogens (tertiary/aromatic N) is 1. The molecular formula is C18H22N2O3. The molecule has 1 aromatic heterocycles. The highest BCUT2D eigenvalue weighted by atomic mass is 16.6. The Morgan fingerprint density at radius 1 is 1.17 bits per heavy atom. The van der Waals surface area contributed by atoms with Crippen LogP contribution in [0.25, 0.3) is 0 Å². The molecule has 122 valence electrons. The number of aromatic nitrogens is 1. The summed E-state index contributed by atoms with van der Waals surface area (Å²) in [5.41, 5.74) is 2.35. The van der Waals surface area contributed by atoms with Gasteiger partial charge in [-0.1, -0.05) is 13.0 Å². The molecular weight excluding hydrogens is 292 g/mol. The van der Waals surface area contributed by atoms with Crippen LogP contribution in [-0.4, -0.2) is 25.3 Å².